The quantitative estimate of drug-likeness (QED) is 0.140. The van der Waals surface area contributed by atoms with E-state index in [-0.39, 0.29) is 5.41 Å². The average molecular weight is 844 g/mol. The Morgan fingerprint density at radius 3 is 1.27 bits per heavy atom. The number of hydrogen-bond acceptors (Lipinski definition) is 1. The fourth-order valence-electron chi connectivity index (χ4n) is 11.2. The summed E-state index contributed by atoms with van der Waals surface area (Å²) in [7, 11) is 0. The van der Waals surface area contributed by atoms with Gasteiger partial charge < -0.3 is 4.90 Å². The third-order valence-corrected chi connectivity index (χ3v) is 14.2. The highest BCUT2D eigenvalue weighted by Gasteiger charge is 2.46. The molecule has 10 aromatic rings. The molecule has 10 aromatic carbocycles. The minimum atomic E-state index is 0.0466. The summed E-state index contributed by atoms with van der Waals surface area (Å²) in [5.74, 6) is 0. The van der Waals surface area contributed by atoms with E-state index >= 15 is 0 Å². The van der Waals surface area contributed by atoms with Gasteiger partial charge in [-0.15, -0.1) is 0 Å². The lowest BCUT2D eigenvalue weighted by Crippen LogP contribution is -2.20. The van der Waals surface area contributed by atoms with Crippen LogP contribution < -0.4 is 4.90 Å². The molecule has 0 aromatic heterocycles. The first kappa shape index (κ1) is 39.6. The largest absolute Gasteiger partial charge is 0.309 e. The molecule has 0 heterocycles. The van der Waals surface area contributed by atoms with E-state index in [0.717, 1.165) is 11.4 Å². The van der Waals surface area contributed by atoms with E-state index in [1.807, 2.05) is 0 Å². The van der Waals surface area contributed by atoms with Crippen LogP contribution in [-0.4, -0.2) is 0 Å². The third-order valence-electron chi connectivity index (χ3n) is 14.2. The number of rotatable bonds is 9. The average Bonchev–Trinajstić information content (AvgIpc) is 4.01. The lowest BCUT2D eigenvalue weighted by atomic mass is 9.77. The first-order valence-electron chi connectivity index (χ1n) is 23.5. The molecular formula is C65H49N. The third kappa shape index (κ3) is 6.87. The molecule has 0 radical (unpaired) electrons. The maximum absolute atomic E-state index is 2.55. The molecule has 0 N–H and O–H groups in total. The van der Waals surface area contributed by atoms with Crippen LogP contribution in [0.3, 0.4) is 0 Å². The number of nitrogens with zero attached hydrogens (tertiary/aromatic N) is 1. The molecule has 2 aliphatic carbocycles. The van der Waals surface area contributed by atoms with Crippen LogP contribution in [-0.2, 0) is 5.41 Å². The van der Waals surface area contributed by atoms with Crippen molar-refractivity contribution in [2.75, 3.05) is 4.90 Å². The Kier molecular flexibility index (Phi) is 10.1. The van der Waals surface area contributed by atoms with Gasteiger partial charge in [0.05, 0.1) is 11.4 Å². The van der Waals surface area contributed by atoms with Gasteiger partial charge in [-0.1, -0.05) is 219 Å². The fourth-order valence-corrected chi connectivity index (χ4v) is 11.2. The molecule has 12 rings (SSSR count). The molecule has 1 heteroatoms. The fraction of sp³-hybridized carbons (Fsp3) is 0.0769. The summed E-state index contributed by atoms with van der Waals surface area (Å²) in [6.45, 7) is 0. The Bertz CT molecular complexity index is 3280. The Morgan fingerprint density at radius 1 is 0.273 bits per heavy atom. The lowest BCUT2D eigenvalue weighted by Gasteiger charge is -2.31. The van der Waals surface area contributed by atoms with Gasteiger partial charge >= 0.3 is 0 Å². The van der Waals surface area contributed by atoms with E-state index in [4.69, 9.17) is 0 Å². The molecule has 0 amide bonds. The molecule has 1 saturated carbocycles. The summed E-state index contributed by atoms with van der Waals surface area (Å²) < 4.78 is 0. The summed E-state index contributed by atoms with van der Waals surface area (Å²) in [5, 5.41) is 0. The monoisotopic (exact) mass is 843 g/mol. The standard InChI is InChI=1S/C65H49N/c1-4-21-46(22-5-1)50-43-51(47-23-6-2-7-24-47)45-52(44-50)48-37-39-53(40-38-48)66(63-36-20-34-61-64(63)59-32-14-16-33-60(59)65(61)41-18-19-42-65)62-35-17-15-31-58(62)57-30-13-12-29-56(57)55-28-11-10-27-54(55)49-25-8-3-9-26-49/h1-17,20-40,43-45H,18-19,41-42H2. The normalized spacial score (nSPS) is 13.3. The molecule has 0 bridgehead atoms. The van der Waals surface area contributed by atoms with Crippen molar-refractivity contribution in [2.45, 2.75) is 31.1 Å². The molecule has 314 valence electrons. The van der Waals surface area contributed by atoms with Crippen LogP contribution in [0.4, 0.5) is 17.1 Å². The highest BCUT2D eigenvalue weighted by molar-refractivity contribution is 6.01. The molecule has 0 unspecified atom stereocenters. The van der Waals surface area contributed by atoms with E-state index in [1.54, 1.807) is 0 Å². The van der Waals surface area contributed by atoms with Gasteiger partial charge in [0.1, 0.15) is 0 Å². The molecule has 1 fully saturated rings. The number of fused-ring (bicyclic) bond motifs is 5. The topological polar surface area (TPSA) is 3.24 Å². The molecular weight excluding hydrogens is 795 g/mol. The molecule has 66 heavy (non-hydrogen) atoms. The van der Waals surface area contributed by atoms with Crippen LogP contribution in [0, 0.1) is 0 Å². The van der Waals surface area contributed by atoms with Gasteiger partial charge in [-0.3, -0.25) is 0 Å². The second-order valence-electron chi connectivity index (χ2n) is 17.9. The van der Waals surface area contributed by atoms with E-state index in [0.29, 0.717) is 0 Å². The van der Waals surface area contributed by atoms with Crippen LogP contribution in [0.5, 0.6) is 0 Å². The molecule has 2 aliphatic rings. The van der Waals surface area contributed by atoms with Crippen LogP contribution in [0.15, 0.2) is 249 Å². The molecule has 0 aliphatic heterocycles. The SMILES string of the molecule is c1ccc(-c2cc(-c3ccccc3)cc(-c3ccc(N(c4ccccc4-c4ccccc4-c4ccccc4-c4ccccc4)c4cccc5c4-c4ccccc4C54CCCC4)cc3)c2)cc1. The molecule has 1 nitrogen and oxygen atoms in total. The first-order valence-corrected chi connectivity index (χ1v) is 23.5. The zero-order valence-electron chi connectivity index (χ0n) is 36.9. The van der Waals surface area contributed by atoms with Gasteiger partial charge in [0.25, 0.3) is 0 Å². The van der Waals surface area contributed by atoms with Crippen molar-refractivity contribution >= 4 is 17.1 Å². The van der Waals surface area contributed by atoms with Crippen LogP contribution in [0.2, 0.25) is 0 Å². The number of anilines is 3. The number of hydrogen-bond donors (Lipinski definition) is 0. The maximum Gasteiger partial charge on any atom is 0.0543 e. The van der Waals surface area contributed by atoms with E-state index in [2.05, 4.69) is 254 Å². The smallest absolute Gasteiger partial charge is 0.0543 e. The second kappa shape index (κ2) is 16.8. The van der Waals surface area contributed by atoms with Crippen LogP contribution in [0.25, 0.3) is 77.9 Å². The maximum atomic E-state index is 2.55. The number of para-hydroxylation sites is 1. The van der Waals surface area contributed by atoms with Gasteiger partial charge in [-0.05, 0) is 133 Å². The first-order chi connectivity index (χ1) is 32.7. The van der Waals surface area contributed by atoms with Crippen molar-refractivity contribution in [3.05, 3.63) is 260 Å². The summed E-state index contributed by atoms with van der Waals surface area (Å²) in [4.78, 5) is 2.55. The van der Waals surface area contributed by atoms with Gasteiger partial charge in [-0.2, -0.15) is 0 Å². The van der Waals surface area contributed by atoms with Crippen molar-refractivity contribution in [1.29, 1.82) is 0 Å². The van der Waals surface area contributed by atoms with Crippen molar-refractivity contribution in [3.8, 4) is 77.9 Å². The molecule has 0 atom stereocenters. The number of benzene rings is 10. The lowest BCUT2D eigenvalue weighted by molar-refractivity contribution is 0.550. The Hall–Kier alpha value is -8.00. The van der Waals surface area contributed by atoms with Gasteiger partial charge in [0.2, 0.25) is 0 Å². The van der Waals surface area contributed by atoms with Crippen LogP contribution in [0.1, 0.15) is 36.8 Å². The van der Waals surface area contributed by atoms with E-state index < -0.39 is 0 Å². The predicted octanol–water partition coefficient (Wildman–Crippen LogP) is 18.0. The van der Waals surface area contributed by atoms with Crippen molar-refractivity contribution in [2.24, 2.45) is 0 Å². The highest BCUT2D eigenvalue weighted by atomic mass is 15.1. The second-order valence-corrected chi connectivity index (χ2v) is 17.9. The van der Waals surface area contributed by atoms with Gasteiger partial charge in [-0.25, -0.2) is 0 Å². The van der Waals surface area contributed by atoms with Crippen molar-refractivity contribution in [1.82, 2.24) is 0 Å². The van der Waals surface area contributed by atoms with E-state index in [9.17, 15) is 0 Å². The van der Waals surface area contributed by atoms with Gasteiger partial charge in [0, 0.05) is 22.2 Å². The predicted molar refractivity (Wildman–Crippen MR) is 278 cm³/mol. The van der Waals surface area contributed by atoms with Crippen molar-refractivity contribution < 1.29 is 0 Å². The highest BCUT2D eigenvalue weighted by Crippen LogP contribution is 2.60. The summed E-state index contributed by atoms with van der Waals surface area (Å²) >= 11 is 0. The Labute approximate surface area is 389 Å². The van der Waals surface area contributed by atoms with Gasteiger partial charge in [0.15, 0.2) is 0 Å². The minimum Gasteiger partial charge on any atom is -0.309 e. The Morgan fingerprint density at radius 2 is 0.682 bits per heavy atom. The summed E-state index contributed by atoms with van der Waals surface area (Å²) in [6, 6.07) is 91.8. The minimum absolute atomic E-state index is 0.0466. The summed E-state index contributed by atoms with van der Waals surface area (Å²) in [6.07, 6.45) is 4.88. The Balaban J connectivity index is 1.06. The molecule has 1 spiro atoms. The molecule has 0 saturated heterocycles. The summed E-state index contributed by atoms with van der Waals surface area (Å²) in [5.41, 5.74) is 23.7. The zero-order valence-corrected chi connectivity index (χ0v) is 36.9. The zero-order chi connectivity index (χ0) is 43.9. The van der Waals surface area contributed by atoms with Crippen LogP contribution >= 0.6 is 0 Å². The van der Waals surface area contributed by atoms with Crippen molar-refractivity contribution in [3.63, 3.8) is 0 Å². The van der Waals surface area contributed by atoms with E-state index in [1.165, 1.54) is 120 Å².